The summed E-state index contributed by atoms with van der Waals surface area (Å²) in [6.45, 7) is 6.02. The van der Waals surface area contributed by atoms with E-state index in [1.807, 2.05) is 5.97 Å². The van der Waals surface area contributed by atoms with Crippen molar-refractivity contribution in [3.8, 4) is 5.97 Å². The minimum absolute atomic E-state index is 0.133. The van der Waals surface area contributed by atoms with Crippen molar-refractivity contribution in [3.63, 3.8) is 0 Å². The van der Waals surface area contributed by atoms with Crippen LogP contribution in [-0.2, 0) is 10.2 Å². The smallest absolute Gasteiger partial charge is 0.359 e. The van der Waals surface area contributed by atoms with Crippen LogP contribution in [0, 0.1) is 11.2 Å². The number of hydrogen-bond acceptors (Lipinski definition) is 7. The van der Waals surface area contributed by atoms with E-state index in [1.54, 1.807) is 0 Å². The van der Waals surface area contributed by atoms with Crippen molar-refractivity contribution in [1.29, 1.82) is 5.26 Å². The molecule has 0 aromatic carbocycles. The average molecular weight is 304 g/mol. The summed E-state index contributed by atoms with van der Waals surface area (Å²) in [4.78, 5) is 49.9. The Kier molecular flexibility index (Phi) is 4.79. The predicted octanol–water partition coefficient (Wildman–Crippen LogP) is -2.16. The highest BCUT2D eigenvalue weighted by molar-refractivity contribution is 6.47. The van der Waals surface area contributed by atoms with E-state index in [-0.39, 0.29) is 14.7 Å². The lowest BCUT2D eigenvalue weighted by Gasteiger charge is -2.23. The second kappa shape index (κ2) is 6.03. The molecule has 0 radical (unpaired) electrons. The number of carbonyl (C=O) groups excluding carboxylic acids is 1. The second-order valence-corrected chi connectivity index (χ2v) is 6.00. The Hall–Kier alpha value is -2.59. The molecule has 0 amide bonds. The third-order valence-electron chi connectivity index (χ3n) is 3.01. The summed E-state index contributed by atoms with van der Waals surface area (Å²) >= 11 is 0. The maximum atomic E-state index is 12.4. The van der Waals surface area contributed by atoms with Crippen molar-refractivity contribution in [2.45, 2.75) is 38.6 Å². The summed E-state index contributed by atoms with van der Waals surface area (Å²) < 4.78 is 5.92. The van der Waals surface area contributed by atoms with Gasteiger partial charge in [-0.15, -0.1) is 0 Å². The molecule has 114 valence electrons. The summed E-state index contributed by atoms with van der Waals surface area (Å²) in [6, 6.07) is 0. The molecule has 0 spiro atoms. The maximum absolute atomic E-state index is 12.4. The van der Waals surface area contributed by atoms with Crippen LogP contribution in [0.1, 0.15) is 27.7 Å². The van der Waals surface area contributed by atoms with Gasteiger partial charge in [-0.3, -0.25) is 4.48 Å². The van der Waals surface area contributed by atoms with Gasteiger partial charge >= 0.3 is 17.2 Å². The summed E-state index contributed by atoms with van der Waals surface area (Å²) in [5, 5.41) is 8.80. The lowest BCUT2D eigenvalue weighted by molar-refractivity contribution is 0.316. The van der Waals surface area contributed by atoms with E-state index in [0.717, 1.165) is 0 Å². The molecule has 0 atom stereocenters. The number of nitrogens with zero attached hydrogens (tertiary/aromatic N) is 4. The molecule has 1 aromatic heterocycles. The molecule has 0 saturated carbocycles. The molecular formula is C11H14B2N4O5. The van der Waals surface area contributed by atoms with Crippen LogP contribution in [0.2, 0.25) is 0 Å². The first-order valence-electron chi connectivity index (χ1n) is 6.39. The largest absolute Gasteiger partial charge is 0.426 e. The number of aromatic nitrogens is 2. The minimum Gasteiger partial charge on any atom is -0.359 e. The summed E-state index contributed by atoms with van der Waals surface area (Å²) in [5.41, 5.74) is -3.16. The molecule has 9 nitrogen and oxygen atoms in total. The Morgan fingerprint density at radius 3 is 2.27 bits per heavy atom. The number of hydrogen-bond donors (Lipinski definition) is 0. The first kappa shape index (κ1) is 17.5. The van der Waals surface area contributed by atoms with Crippen molar-refractivity contribution in [2.24, 2.45) is 4.99 Å². The van der Waals surface area contributed by atoms with Gasteiger partial charge in [0.25, 0.3) is 14.7 Å². The van der Waals surface area contributed by atoms with Gasteiger partial charge in [0.05, 0.1) is 5.44 Å². The zero-order chi connectivity index (χ0) is 17.1. The molecule has 0 bridgehead atoms. The fraction of sp³-hybridized carbons (Fsp3) is 0.545. The molecule has 0 N–H and O–H groups in total. The number of nitriles is 1. The van der Waals surface area contributed by atoms with Crippen molar-refractivity contribution in [2.75, 3.05) is 0 Å². The molecule has 1 aromatic rings. The highest BCUT2D eigenvalue weighted by Gasteiger charge is 2.31. The number of isocyanates is 1. The number of rotatable bonds is 5. The van der Waals surface area contributed by atoms with Crippen LogP contribution in [0.15, 0.2) is 23.8 Å². The van der Waals surface area contributed by atoms with Gasteiger partial charge in [-0.25, -0.2) is 34.0 Å². The fourth-order valence-corrected chi connectivity index (χ4v) is 1.91. The fourth-order valence-electron chi connectivity index (χ4n) is 1.91. The zero-order valence-corrected chi connectivity index (χ0v) is 12.7. The van der Waals surface area contributed by atoms with E-state index in [4.69, 9.17) is 5.26 Å². The molecule has 0 fully saturated rings. The normalized spacial score (nSPS) is 11.2. The molecule has 11 heteroatoms. The zero-order valence-electron chi connectivity index (χ0n) is 12.7. The van der Waals surface area contributed by atoms with E-state index < -0.39 is 28.1 Å². The standard InChI is InChI=1S/C11H14B2N4O5/c1-10(2,15-6-18)13-17-7(19)16(8(20)22-9(17)21)11(3,4)12-5-14/h12-13H,1-4H3. The van der Waals surface area contributed by atoms with E-state index in [9.17, 15) is 19.2 Å². The molecule has 0 aliphatic rings. The van der Waals surface area contributed by atoms with Gasteiger partial charge in [-0.1, -0.05) is 0 Å². The molecule has 0 unspecified atom stereocenters. The van der Waals surface area contributed by atoms with Crippen molar-refractivity contribution < 1.29 is 9.21 Å². The Morgan fingerprint density at radius 2 is 1.77 bits per heavy atom. The van der Waals surface area contributed by atoms with E-state index in [1.165, 1.54) is 33.8 Å². The van der Waals surface area contributed by atoms with Gasteiger partial charge in [-0.05, 0) is 27.7 Å². The quantitative estimate of drug-likeness (QED) is 0.346. The van der Waals surface area contributed by atoms with Crippen molar-refractivity contribution in [3.05, 3.63) is 31.6 Å². The third kappa shape index (κ3) is 3.54. The molecule has 1 heterocycles. The Morgan fingerprint density at radius 1 is 1.18 bits per heavy atom. The first-order chi connectivity index (χ1) is 10.1. The summed E-state index contributed by atoms with van der Waals surface area (Å²) in [7, 11) is -0.405. The Bertz CT molecular complexity index is 836. The van der Waals surface area contributed by atoms with Crippen LogP contribution in [0.4, 0.5) is 0 Å². The van der Waals surface area contributed by atoms with Gasteiger partial charge in [-0.2, -0.15) is 0 Å². The Balaban J connectivity index is 3.62. The van der Waals surface area contributed by atoms with Crippen LogP contribution in [-0.4, -0.2) is 35.3 Å². The maximum Gasteiger partial charge on any atom is 0.426 e. The van der Waals surface area contributed by atoms with E-state index in [0.29, 0.717) is 9.05 Å². The van der Waals surface area contributed by atoms with E-state index >= 15 is 0 Å². The minimum atomic E-state index is -1.15. The van der Waals surface area contributed by atoms with Gasteiger partial charge in [0.1, 0.15) is 0 Å². The van der Waals surface area contributed by atoms with Gasteiger partial charge in [0, 0.05) is 11.4 Å². The van der Waals surface area contributed by atoms with E-state index in [2.05, 4.69) is 9.41 Å². The monoisotopic (exact) mass is 304 g/mol. The van der Waals surface area contributed by atoms with Crippen LogP contribution >= 0.6 is 0 Å². The van der Waals surface area contributed by atoms with Crippen LogP contribution in [0.3, 0.4) is 0 Å². The van der Waals surface area contributed by atoms with Gasteiger partial charge < -0.3 is 4.42 Å². The lowest BCUT2D eigenvalue weighted by atomic mass is 9.61. The lowest BCUT2D eigenvalue weighted by Crippen LogP contribution is -2.57. The van der Waals surface area contributed by atoms with Crippen LogP contribution < -0.4 is 17.2 Å². The van der Waals surface area contributed by atoms with Gasteiger partial charge in [0.15, 0.2) is 0 Å². The Labute approximate surface area is 126 Å². The molecular weight excluding hydrogens is 290 g/mol. The highest BCUT2D eigenvalue weighted by atomic mass is 16.5. The molecule has 0 aliphatic carbocycles. The van der Waals surface area contributed by atoms with Crippen molar-refractivity contribution in [1.82, 2.24) is 9.05 Å². The molecule has 0 saturated heterocycles. The topological polar surface area (TPSA) is 127 Å². The SMILES string of the molecule is CC(C)(Bn1c(=O)oc(=O)n(C(C)(C)BC#N)c1=O)N=C=O. The molecule has 0 aliphatic heterocycles. The highest BCUT2D eigenvalue weighted by Crippen LogP contribution is 2.07. The predicted molar refractivity (Wildman–Crippen MR) is 80.3 cm³/mol. The van der Waals surface area contributed by atoms with Gasteiger partial charge in [0.2, 0.25) is 6.08 Å². The van der Waals surface area contributed by atoms with Crippen LogP contribution in [0.5, 0.6) is 0 Å². The van der Waals surface area contributed by atoms with Crippen molar-refractivity contribution >= 4 is 20.8 Å². The summed E-state index contributed by atoms with van der Waals surface area (Å²) in [5.74, 6) is -0.415. The number of aliphatic imine (C=N–C) groups is 1. The summed E-state index contributed by atoms with van der Waals surface area (Å²) in [6.07, 6.45) is 1.36. The average Bonchev–Trinajstić information content (AvgIpc) is 2.33. The molecule has 1 rings (SSSR count). The third-order valence-corrected chi connectivity index (χ3v) is 3.01. The second-order valence-electron chi connectivity index (χ2n) is 6.00. The molecule has 22 heavy (non-hydrogen) atoms. The first-order valence-corrected chi connectivity index (χ1v) is 6.39. The van der Waals surface area contributed by atoms with Crippen LogP contribution in [0.25, 0.3) is 0 Å².